The van der Waals surface area contributed by atoms with Gasteiger partial charge in [-0.25, -0.2) is 21.6 Å². The van der Waals surface area contributed by atoms with Crippen molar-refractivity contribution < 1.29 is 26.0 Å². The molecule has 1 atom stereocenters. The lowest BCUT2D eigenvalue weighted by atomic mass is 10.1. The Morgan fingerprint density at radius 3 is 2.71 bits per heavy atom. The fourth-order valence-electron chi connectivity index (χ4n) is 2.04. The largest absolute Gasteiger partial charge is 0.438 e. The molecule has 1 aliphatic rings. The van der Waals surface area contributed by atoms with Gasteiger partial charge >= 0.3 is 0 Å². The van der Waals surface area contributed by atoms with Gasteiger partial charge < -0.3 is 9.73 Å². The molecule has 0 radical (unpaired) electrons. The highest BCUT2D eigenvalue weighted by molar-refractivity contribution is 7.91. The fourth-order valence-corrected chi connectivity index (χ4v) is 4.55. The summed E-state index contributed by atoms with van der Waals surface area (Å²) in [5, 5.41) is 2.20. The third kappa shape index (κ3) is 3.83. The third-order valence-electron chi connectivity index (χ3n) is 3.22. The summed E-state index contributed by atoms with van der Waals surface area (Å²) < 4.78 is 52.6. The van der Waals surface area contributed by atoms with E-state index in [2.05, 4.69) is 10.0 Å². The second-order valence-electron chi connectivity index (χ2n) is 4.81. The monoisotopic (exact) mass is 336 g/mol. The molecule has 21 heavy (non-hydrogen) atoms. The number of furan rings is 1. The van der Waals surface area contributed by atoms with E-state index in [1.807, 2.05) is 0 Å². The van der Waals surface area contributed by atoms with Crippen LogP contribution < -0.4 is 10.0 Å². The molecule has 1 amide bonds. The van der Waals surface area contributed by atoms with E-state index in [-0.39, 0.29) is 34.8 Å². The summed E-state index contributed by atoms with van der Waals surface area (Å²) in [7, 11) is -5.49. The minimum atomic E-state index is -3.73. The molecule has 0 bridgehead atoms. The zero-order valence-corrected chi connectivity index (χ0v) is 13.0. The number of rotatable bonds is 5. The second-order valence-corrected chi connectivity index (χ2v) is 8.85. The molecule has 1 fully saturated rings. The average molecular weight is 336 g/mol. The van der Waals surface area contributed by atoms with E-state index < -0.39 is 25.8 Å². The Kier molecular flexibility index (Phi) is 4.40. The van der Waals surface area contributed by atoms with Gasteiger partial charge in [0.25, 0.3) is 15.9 Å². The average Bonchev–Trinajstić information content (AvgIpc) is 3.03. The fraction of sp³-hybridized carbons (Fsp3) is 0.545. The first-order valence-corrected chi connectivity index (χ1v) is 9.56. The van der Waals surface area contributed by atoms with Gasteiger partial charge in [-0.05, 0) is 31.5 Å². The molecule has 10 heteroatoms. The molecule has 2 heterocycles. The number of sulfonamides is 1. The predicted molar refractivity (Wildman–Crippen MR) is 74.0 cm³/mol. The molecule has 1 aliphatic heterocycles. The maximum absolute atomic E-state index is 11.8. The van der Waals surface area contributed by atoms with Crippen LogP contribution >= 0.6 is 0 Å². The van der Waals surface area contributed by atoms with E-state index in [0.717, 1.165) is 0 Å². The number of sulfone groups is 1. The Hall–Kier alpha value is -1.39. The van der Waals surface area contributed by atoms with Crippen LogP contribution in [-0.4, -0.2) is 47.8 Å². The van der Waals surface area contributed by atoms with Crippen molar-refractivity contribution in [3.05, 3.63) is 17.9 Å². The summed E-state index contributed by atoms with van der Waals surface area (Å²) in [5.74, 6) is -0.625. The van der Waals surface area contributed by atoms with Crippen molar-refractivity contribution >= 4 is 25.8 Å². The lowest BCUT2D eigenvalue weighted by Gasteiger charge is -2.08. The summed E-state index contributed by atoms with van der Waals surface area (Å²) in [6, 6.07) is 2.44. The summed E-state index contributed by atoms with van der Waals surface area (Å²) in [5.41, 5.74) is 0. The molecule has 1 aromatic rings. The number of hydrogen-bond donors (Lipinski definition) is 2. The summed E-state index contributed by atoms with van der Waals surface area (Å²) in [6.45, 7) is 0.215. The third-order valence-corrected chi connectivity index (χ3v) is 6.34. The van der Waals surface area contributed by atoms with Gasteiger partial charge in [-0.1, -0.05) is 0 Å². The van der Waals surface area contributed by atoms with Crippen LogP contribution in [0.4, 0.5) is 0 Å². The van der Waals surface area contributed by atoms with Crippen molar-refractivity contribution in [2.45, 2.75) is 11.5 Å². The first-order valence-electron chi connectivity index (χ1n) is 6.25. The van der Waals surface area contributed by atoms with Gasteiger partial charge in [-0.3, -0.25) is 4.79 Å². The van der Waals surface area contributed by atoms with Crippen molar-refractivity contribution in [2.24, 2.45) is 5.92 Å². The SMILES string of the molecule is CNS(=O)(=O)c1ccc(C(=O)NCC2CCS(=O)(=O)C2)o1. The van der Waals surface area contributed by atoms with Crippen LogP contribution in [0, 0.1) is 5.92 Å². The zero-order chi connectivity index (χ0) is 15.7. The van der Waals surface area contributed by atoms with Crippen LogP contribution in [0.15, 0.2) is 21.6 Å². The molecule has 0 aliphatic carbocycles. The maximum Gasteiger partial charge on any atom is 0.287 e. The highest BCUT2D eigenvalue weighted by Crippen LogP contribution is 2.18. The van der Waals surface area contributed by atoms with Gasteiger partial charge in [0, 0.05) is 6.54 Å². The smallest absolute Gasteiger partial charge is 0.287 e. The molecule has 1 saturated heterocycles. The first-order chi connectivity index (χ1) is 9.73. The topological polar surface area (TPSA) is 123 Å². The number of nitrogens with one attached hydrogen (secondary N) is 2. The Morgan fingerprint density at radius 2 is 2.14 bits per heavy atom. The molecule has 118 valence electrons. The van der Waals surface area contributed by atoms with E-state index in [9.17, 15) is 21.6 Å². The highest BCUT2D eigenvalue weighted by atomic mass is 32.2. The molecular weight excluding hydrogens is 320 g/mol. The minimum Gasteiger partial charge on any atom is -0.438 e. The molecule has 2 rings (SSSR count). The van der Waals surface area contributed by atoms with E-state index in [1.165, 1.54) is 19.2 Å². The Balaban J connectivity index is 1.96. The molecule has 8 nitrogen and oxygen atoms in total. The van der Waals surface area contributed by atoms with Crippen molar-refractivity contribution in [2.75, 3.05) is 25.1 Å². The van der Waals surface area contributed by atoms with E-state index >= 15 is 0 Å². The van der Waals surface area contributed by atoms with Crippen LogP contribution in [-0.2, 0) is 19.9 Å². The number of carbonyl (C=O) groups is 1. The number of carbonyl (C=O) groups excluding carboxylic acids is 1. The summed E-state index contributed by atoms with van der Waals surface area (Å²) in [6.07, 6.45) is 0.514. The molecule has 1 aromatic heterocycles. The van der Waals surface area contributed by atoms with Crippen LogP contribution in [0.3, 0.4) is 0 Å². The molecule has 0 spiro atoms. The summed E-state index contributed by atoms with van der Waals surface area (Å²) in [4.78, 5) is 11.8. The molecule has 1 unspecified atom stereocenters. The normalized spacial score (nSPS) is 21.3. The van der Waals surface area contributed by atoms with Crippen LogP contribution in [0.25, 0.3) is 0 Å². The van der Waals surface area contributed by atoms with Gasteiger partial charge in [0.2, 0.25) is 5.09 Å². The van der Waals surface area contributed by atoms with Crippen LogP contribution in [0.2, 0.25) is 0 Å². The Labute approximate surface area is 122 Å². The lowest BCUT2D eigenvalue weighted by Crippen LogP contribution is -2.29. The maximum atomic E-state index is 11.8. The van der Waals surface area contributed by atoms with E-state index in [4.69, 9.17) is 4.42 Å². The van der Waals surface area contributed by atoms with Gasteiger partial charge in [-0.15, -0.1) is 0 Å². The van der Waals surface area contributed by atoms with Gasteiger partial charge in [0.15, 0.2) is 15.6 Å². The Morgan fingerprint density at radius 1 is 1.43 bits per heavy atom. The second kappa shape index (κ2) is 5.78. The van der Waals surface area contributed by atoms with Crippen molar-refractivity contribution in [3.8, 4) is 0 Å². The predicted octanol–water partition coefficient (Wildman–Crippen LogP) is -0.648. The number of hydrogen-bond acceptors (Lipinski definition) is 6. The minimum absolute atomic E-state index is 0.0603. The first kappa shape index (κ1) is 16.0. The Bertz CT molecular complexity index is 735. The molecule has 2 N–H and O–H groups in total. The lowest BCUT2D eigenvalue weighted by molar-refractivity contribution is 0.0915. The van der Waals surface area contributed by atoms with Gasteiger partial charge in [-0.2, -0.15) is 0 Å². The van der Waals surface area contributed by atoms with E-state index in [0.29, 0.717) is 6.42 Å². The quantitative estimate of drug-likeness (QED) is 0.737. The highest BCUT2D eigenvalue weighted by Gasteiger charge is 2.28. The van der Waals surface area contributed by atoms with Crippen LogP contribution in [0.1, 0.15) is 17.0 Å². The summed E-state index contributed by atoms with van der Waals surface area (Å²) >= 11 is 0. The van der Waals surface area contributed by atoms with Gasteiger partial charge in [0.05, 0.1) is 11.5 Å². The van der Waals surface area contributed by atoms with Crippen molar-refractivity contribution in [1.29, 1.82) is 0 Å². The van der Waals surface area contributed by atoms with E-state index in [1.54, 1.807) is 0 Å². The van der Waals surface area contributed by atoms with Crippen LogP contribution in [0.5, 0.6) is 0 Å². The molecule has 0 aromatic carbocycles. The van der Waals surface area contributed by atoms with Gasteiger partial charge in [0.1, 0.15) is 0 Å². The molecular formula is C11H16N2O6S2. The number of amides is 1. The zero-order valence-electron chi connectivity index (χ0n) is 11.3. The standard InChI is InChI=1S/C11H16N2O6S2/c1-12-21(17,18)10-3-2-9(19-10)11(14)13-6-8-4-5-20(15,16)7-8/h2-3,8,12H,4-7H2,1H3,(H,13,14). The van der Waals surface area contributed by atoms with Crippen molar-refractivity contribution in [1.82, 2.24) is 10.0 Å². The molecule has 0 saturated carbocycles. The van der Waals surface area contributed by atoms with Crippen molar-refractivity contribution in [3.63, 3.8) is 0 Å².